The summed E-state index contributed by atoms with van der Waals surface area (Å²) in [5.41, 5.74) is 2.14. The van der Waals surface area contributed by atoms with Crippen molar-refractivity contribution in [3.05, 3.63) is 52.5 Å². The van der Waals surface area contributed by atoms with E-state index in [9.17, 15) is 9.59 Å². The van der Waals surface area contributed by atoms with Gasteiger partial charge in [-0.1, -0.05) is 17.7 Å². The maximum Gasteiger partial charge on any atom is 0.337 e. The van der Waals surface area contributed by atoms with E-state index in [1.807, 2.05) is 30.3 Å². The molecule has 2 aromatic carbocycles. The second-order valence-electron chi connectivity index (χ2n) is 9.00. The first-order valence-corrected chi connectivity index (χ1v) is 11.4. The number of carbonyl (C=O) groups excluding carboxylic acids is 2. The van der Waals surface area contributed by atoms with Crippen molar-refractivity contribution in [2.75, 3.05) is 38.3 Å². The molecule has 32 heavy (non-hydrogen) atoms. The molecule has 1 unspecified atom stereocenters. The lowest BCUT2D eigenvalue weighted by atomic mass is 9.73. The average molecular weight is 456 g/mol. The smallest absolute Gasteiger partial charge is 0.337 e. The van der Waals surface area contributed by atoms with Gasteiger partial charge in [-0.3, -0.25) is 0 Å². The van der Waals surface area contributed by atoms with E-state index in [4.69, 9.17) is 25.8 Å². The molecule has 1 fully saturated rings. The molecule has 0 aromatic heterocycles. The van der Waals surface area contributed by atoms with Crippen LogP contribution in [0.2, 0.25) is 5.02 Å². The number of hydrogen-bond donors (Lipinski definition) is 0. The summed E-state index contributed by atoms with van der Waals surface area (Å²) >= 11 is 6.23. The Bertz CT molecular complexity index is 1060. The first-order chi connectivity index (χ1) is 15.5. The molecule has 0 bridgehead atoms. The molecule has 1 aliphatic carbocycles. The lowest BCUT2D eigenvalue weighted by Gasteiger charge is -2.43. The number of hydrogen-bond acceptors (Lipinski definition) is 6. The summed E-state index contributed by atoms with van der Waals surface area (Å²) < 4.78 is 17.2. The molecule has 7 heteroatoms. The Kier molecular flexibility index (Phi) is 5.49. The van der Waals surface area contributed by atoms with E-state index in [1.165, 1.54) is 7.11 Å². The number of methoxy groups -OCH3 is 1. The van der Waals surface area contributed by atoms with Gasteiger partial charge in [-0.2, -0.15) is 0 Å². The van der Waals surface area contributed by atoms with Gasteiger partial charge in [0.05, 0.1) is 37.0 Å². The fraction of sp³-hybridized carbons (Fsp3) is 0.440. The minimum Gasteiger partial charge on any atom is -0.493 e. The van der Waals surface area contributed by atoms with Crippen LogP contribution in [0.1, 0.15) is 35.2 Å². The summed E-state index contributed by atoms with van der Waals surface area (Å²) in [6.07, 6.45) is 3.84. The number of nitrogens with zero attached hydrogens (tertiary/aromatic N) is 1. The van der Waals surface area contributed by atoms with Crippen molar-refractivity contribution >= 4 is 29.5 Å². The Morgan fingerprint density at radius 2 is 2.09 bits per heavy atom. The number of benzene rings is 2. The zero-order valence-corrected chi connectivity index (χ0v) is 18.8. The molecule has 2 aromatic rings. The van der Waals surface area contributed by atoms with Crippen molar-refractivity contribution in [3.63, 3.8) is 0 Å². The minimum atomic E-state index is -0.382. The van der Waals surface area contributed by atoms with Gasteiger partial charge < -0.3 is 23.9 Å². The van der Waals surface area contributed by atoms with E-state index in [2.05, 4.69) is 4.90 Å². The van der Waals surface area contributed by atoms with Crippen molar-refractivity contribution in [2.45, 2.75) is 24.7 Å². The number of carbonyl (C=O) groups is 2. The highest BCUT2D eigenvalue weighted by molar-refractivity contribution is 6.30. The molecule has 2 heterocycles. The van der Waals surface area contributed by atoms with E-state index in [-0.39, 0.29) is 17.3 Å². The predicted octanol–water partition coefficient (Wildman–Crippen LogP) is 4.27. The molecule has 1 spiro atoms. The van der Waals surface area contributed by atoms with Crippen LogP contribution in [0, 0.1) is 11.8 Å². The van der Waals surface area contributed by atoms with Crippen molar-refractivity contribution in [3.8, 4) is 11.5 Å². The first-order valence-electron chi connectivity index (χ1n) is 11.0. The summed E-state index contributed by atoms with van der Waals surface area (Å²) in [5, 5.41) is 0.640. The molecule has 3 atom stereocenters. The third-order valence-corrected chi connectivity index (χ3v) is 7.41. The highest BCUT2D eigenvalue weighted by Gasteiger charge is 2.44. The second-order valence-corrected chi connectivity index (χ2v) is 9.44. The van der Waals surface area contributed by atoms with Gasteiger partial charge in [0.15, 0.2) is 0 Å². The molecule has 0 amide bonds. The van der Waals surface area contributed by atoms with Gasteiger partial charge in [-0.15, -0.1) is 0 Å². The number of halogens is 1. The molecule has 3 aliphatic rings. The summed E-state index contributed by atoms with van der Waals surface area (Å²) in [5.74, 6) is 1.53. The lowest BCUT2D eigenvalue weighted by molar-refractivity contribution is -0.115. The van der Waals surface area contributed by atoms with Crippen LogP contribution in [0.4, 0.5) is 5.69 Å². The summed E-state index contributed by atoms with van der Waals surface area (Å²) in [6, 6.07) is 11.2. The molecule has 6 nitrogen and oxygen atoms in total. The number of fused-ring (bicyclic) bond motifs is 3. The quantitative estimate of drug-likeness (QED) is 0.506. The monoisotopic (exact) mass is 455 g/mol. The van der Waals surface area contributed by atoms with Gasteiger partial charge >= 0.3 is 5.97 Å². The van der Waals surface area contributed by atoms with Crippen LogP contribution in [0.5, 0.6) is 11.5 Å². The second kappa shape index (κ2) is 8.32. The summed E-state index contributed by atoms with van der Waals surface area (Å²) in [6.45, 7) is 2.50. The van der Waals surface area contributed by atoms with Crippen LogP contribution in [-0.2, 0) is 14.9 Å². The Morgan fingerprint density at radius 1 is 1.22 bits per heavy atom. The van der Waals surface area contributed by atoms with E-state index >= 15 is 0 Å². The molecular weight excluding hydrogens is 430 g/mol. The highest BCUT2D eigenvalue weighted by Crippen LogP contribution is 2.46. The van der Waals surface area contributed by atoms with E-state index in [0.717, 1.165) is 54.8 Å². The van der Waals surface area contributed by atoms with Gasteiger partial charge in [0.2, 0.25) is 0 Å². The fourth-order valence-electron chi connectivity index (χ4n) is 5.15. The van der Waals surface area contributed by atoms with Crippen LogP contribution < -0.4 is 14.4 Å². The van der Waals surface area contributed by atoms with Crippen molar-refractivity contribution in [2.24, 2.45) is 11.8 Å². The zero-order chi connectivity index (χ0) is 22.3. The molecule has 0 saturated heterocycles. The Hall–Kier alpha value is -2.73. The Balaban J connectivity index is 1.56. The summed E-state index contributed by atoms with van der Waals surface area (Å²) in [7, 11) is 1.38. The minimum absolute atomic E-state index is 0.0862. The molecular formula is C25H26ClNO5. The molecule has 5 rings (SSSR count). The number of rotatable bonds is 4. The number of aldehydes is 1. The topological polar surface area (TPSA) is 65.1 Å². The zero-order valence-electron chi connectivity index (χ0n) is 18.0. The van der Waals surface area contributed by atoms with Gasteiger partial charge in [0.25, 0.3) is 0 Å². The molecule has 2 aliphatic heterocycles. The average Bonchev–Trinajstić information content (AvgIpc) is 2.93. The molecule has 1 saturated carbocycles. The fourth-order valence-corrected chi connectivity index (χ4v) is 5.31. The maximum atomic E-state index is 12.2. The van der Waals surface area contributed by atoms with Gasteiger partial charge in [0.1, 0.15) is 17.8 Å². The van der Waals surface area contributed by atoms with E-state index < -0.39 is 0 Å². The van der Waals surface area contributed by atoms with Crippen LogP contribution >= 0.6 is 11.6 Å². The molecule has 0 N–H and O–H groups in total. The third kappa shape index (κ3) is 3.60. The normalized spacial score (nSPS) is 26.0. The Labute approximate surface area is 192 Å². The Morgan fingerprint density at radius 3 is 2.84 bits per heavy atom. The van der Waals surface area contributed by atoms with Gasteiger partial charge in [-0.05, 0) is 55.5 Å². The highest BCUT2D eigenvalue weighted by atomic mass is 35.5. The van der Waals surface area contributed by atoms with Crippen LogP contribution in [0.25, 0.3) is 0 Å². The third-order valence-electron chi connectivity index (χ3n) is 7.18. The van der Waals surface area contributed by atoms with Crippen molar-refractivity contribution in [1.82, 2.24) is 0 Å². The summed E-state index contributed by atoms with van der Waals surface area (Å²) in [4.78, 5) is 26.0. The van der Waals surface area contributed by atoms with Gasteiger partial charge in [0, 0.05) is 29.6 Å². The van der Waals surface area contributed by atoms with E-state index in [0.29, 0.717) is 36.3 Å². The number of anilines is 1. The van der Waals surface area contributed by atoms with Crippen LogP contribution in [0.15, 0.2) is 36.4 Å². The maximum absolute atomic E-state index is 12.2. The number of ether oxygens (including phenoxy) is 3. The number of esters is 1. The van der Waals surface area contributed by atoms with Gasteiger partial charge in [-0.25, -0.2) is 4.79 Å². The van der Waals surface area contributed by atoms with Crippen LogP contribution in [0.3, 0.4) is 0 Å². The standard InChI is InChI=1S/C25H26ClNO5/c1-30-24(29)16-4-7-22-21(10-16)27(12-17-2-3-18(17)13-28)14-25(15-32-22)8-9-31-23-11-19(26)5-6-20(23)25/h4-7,10-11,13,17-18H,2-3,8-9,12,14-15H2,1H3/t17-,18-,25?/m0/s1. The van der Waals surface area contributed by atoms with E-state index in [1.54, 1.807) is 6.07 Å². The van der Waals surface area contributed by atoms with Crippen molar-refractivity contribution in [1.29, 1.82) is 0 Å². The molecule has 168 valence electrons. The molecule has 0 radical (unpaired) electrons. The lowest BCUT2D eigenvalue weighted by Crippen LogP contribution is -2.49. The van der Waals surface area contributed by atoms with Crippen LogP contribution in [-0.4, -0.2) is 45.7 Å². The SMILES string of the molecule is COC(=O)c1ccc2c(c1)N(C[C@@H]1CC[C@H]1C=O)CC1(CCOc3cc(Cl)ccc31)CO2. The van der Waals surface area contributed by atoms with Crippen molar-refractivity contribution < 1.29 is 23.8 Å². The largest absolute Gasteiger partial charge is 0.493 e. The predicted molar refractivity (Wildman–Crippen MR) is 121 cm³/mol. The first kappa shape index (κ1) is 21.1.